The van der Waals surface area contributed by atoms with Crippen LogP contribution >= 0.6 is 35.3 Å². The second-order valence-corrected chi connectivity index (χ2v) is 7.81. The molecule has 9 heteroatoms. The molecule has 0 amide bonds. The number of carbonyl (C=O) groups excluding carboxylic acids is 3. The van der Waals surface area contributed by atoms with Crippen molar-refractivity contribution in [1.82, 2.24) is 0 Å². The number of carbonyl (C=O) groups is 3. The van der Waals surface area contributed by atoms with E-state index in [0.717, 1.165) is 0 Å². The Morgan fingerprint density at radius 3 is 1.18 bits per heavy atom. The fraction of sp³-hybridized carbons (Fsp3) is 0.769. The highest BCUT2D eigenvalue weighted by Gasteiger charge is 2.18. The van der Waals surface area contributed by atoms with Gasteiger partial charge in [-0.3, -0.25) is 14.4 Å². The number of hydrogen-bond acceptors (Lipinski definition) is 9. The van der Waals surface area contributed by atoms with E-state index in [4.69, 9.17) is 14.2 Å². The summed E-state index contributed by atoms with van der Waals surface area (Å²) in [5.74, 6) is -0.429. The molecule has 0 aromatic rings. The second-order valence-electron chi connectivity index (χ2n) is 3.64. The van der Waals surface area contributed by atoms with Crippen molar-refractivity contribution in [2.75, 3.05) is 37.1 Å². The maximum atomic E-state index is 11.4. The standard InChI is InChI=1S/C13H22O6S3/c1-4-17-10(14)7-20-13(21-8-11(15)18-5-2)22-9-12(16)19-6-3/h13H,4-9H2,1-3H3. The number of rotatable bonds is 12. The topological polar surface area (TPSA) is 78.9 Å². The van der Waals surface area contributed by atoms with Crippen LogP contribution in [0.4, 0.5) is 0 Å². The van der Waals surface area contributed by atoms with E-state index >= 15 is 0 Å². The third-order valence-electron chi connectivity index (χ3n) is 1.93. The summed E-state index contributed by atoms with van der Waals surface area (Å²) in [5.41, 5.74) is 0. The first-order valence-corrected chi connectivity index (χ1v) is 9.99. The Labute approximate surface area is 143 Å². The molecule has 0 spiro atoms. The average Bonchev–Trinajstić information content (AvgIpc) is 2.47. The molecule has 0 unspecified atom stereocenters. The largest absolute Gasteiger partial charge is 0.465 e. The van der Waals surface area contributed by atoms with E-state index in [0.29, 0.717) is 19.8 Å². The van der Waals surface area contributed by atoms with Crippen molar-refractivity contribution >= 4 is 53.2 Å². The van der Waals surface area contributed by atoms with Gasteiger partial charge < -0.3 is 14.2 Å². The molecule has 0 rings (SSSR count). The van der Waals surface area contributed by atoms with Crippen LogP contribution in [0.2, 0.25) is 0 Å². The summed E-state index contributed by atoms with van der Waals surface area (Å²) >= 11 is 3.98. The highest BCUT2D eigenvalue weighted by molar-refractivity contribution is 8.32. The second kappa shape index (κ2) is 14.1. The van der Waals surface area contributed by atoms with Gasteiger partial charge in [-0.05, 0) is 20.8 Å². The molecular weight excluding hydrogens is 348 g/mol. The number of hydrogen-bond donors (Lipinski definition) is 0. The Bertz CT molecular complexity index is 298. The highest BCUT2D eigenvalue weighted by atomic mass is 32.3. The summed E-state index contributed by atoms with van der Waals surface area (Å²) in [5, 5.41) is 0. The Kier molecular flexibility index (Phi) is 13.7. The quantitative estimate of drug-likeness (QED) is 0.292. The zero-order valence-corrected chi connectivity index (χ0v) is 15.4. The van der Waals surface area contributed by atoms with Crippen molar-refractivity contribution < 1.29 is 28.6 Å². The Hall–Kier alpha value is -0.540. The lowest BCUT2D eigenvalue weighted by Gasteiger charge is -2.14. The normalized spacial score (nSPS) is 10.4. The molecule has 0 aromatic carbocycles. The minimum Gasteiger partial charge on any atom is -0.465 e. The van der Waals surface area contributed by atoms with E-state index in [9.17, 15) is 14.4 Å². The zero-order valence-electron chi connectivity index (χ0n) is 13.0. The molecule has 22 heavy (non-hydrogen) atoms. The number of thioether (sulfide) groups is 3. The van der Waals surface area contributed by atoms with Gasteiger partial charge in [0.25, 0.3) is 0 Å². The van der Waals surface area contributed by atoms with Gasteiger partial charge in [0.1, 0.15) is 0 Å². The average molecular weight is 371 g/mol. The first-order chi connectivity index (χ1) is 10.5. The van der Waals surface area contributed by atoms with Crippen molar-refractivity contribution in [3.05, 3.63) is 0 Å². The summed E-state index contributed by atoms with van der Waals surface area (Å²) < 4.78 is 14.4. The lowest BCUT2D eigenvalue weighted by Crippen LogP contribution is -2.14. The molecule has 0 saturated carbocycles. The molecule has 0 fully saturated rings. The van der Waals surface area contributed by atoms with Crippen molar-refractivity contribution in [2.45, 2.75) is 24.7 Å². The number of ether oxygens (including phenoxy) is 3. The predicted molar refractivity (Wildman–Crippen MR) is 91.1 cm³/mol. The minimum absolute atomic E-state index is 0.154. The Morgan fingerprint density at radius 1 is 0.682 bits per heavy atom. The van der Waals surface area contributed by atoms with Crippen molar-refractivity contribution in [3.63, 3.8) is 0 Å². The lowest BCUT2D eigenvalue weighted by atomic mass is 10.8. The van der Waals surface area contributed by atoms with Crippen LogP contribution in [0.25, 0.3) is 0 Å². The predicted octanol–water partition coefficient (Wildman–Crippen LogP) is 2.16. The zero-order chi connectivity index (χ0) is 16.8. The maximum absolute atomic E-state index is 11.4. The molecule has 0 saturated heterocycles. The smallest absolute Gasteiger partial charge is 0.315 e. The number of esters is 3. The molecule has 0 aliphatic rings. The van der Waals surface area contributed by atoms with E-state index in [1.165, 1.54) is 35.3 Å². The van der Waals surface area contributed by atoms with Gasteiger partial charge in [-0.1, -0.05) is 0 Å². The van der Waals surface area contributed by atoms with Crippen molar-refractivity contribution in [3.8, 4) is 0 Å². The van der Waals surface area contributed by atoms with Crippen LogP contribution in [0.15, 0.2) is 0 Å². The lowest BCUT2D eigenvalue weighted by molar-refractivity contribution is -0.140. The summed E-state index contributed by atoms with van der Waals surface area (Å²) in [4.78, 5) is 34.2. The van der Waals surface area contributed by atoms with Gasteiger partial charge in [0.15, 0.2) is 0 Å². The Morgan fingerprint density at radius 2 is 0.955 bits per heavy atom. The fourth-order valence-electron chi connectivity index (χ4n) is 1.16. The molecule has 0 aliphatic heterocycles. The molecule has 0 atom stereocenters. The molecule has 0 aromatic heterocycles. The summed E-state index contributed by atoms with van der Waals surface area (Å²) in [6.45, 7) is 6.21. The van der Waals surface area contributed by atoms with Crippen LogP contribution in [0, 0.1) is 0 Å². The van der Waals surface area contributed by atoms with Crippen LogP contribution < -0.4 is 0 Å². The van der Waals surface area contributed by atoms with E-state index in [2.05, 4.69) is 0 Å². The van der Waals surface area contributed by atoms with E-state index in [1.807, 2.05) is 0 Å². The van der Waals surface area contributed by atoms with Gasteiger partial charge in [-0.15, -0.1) is 35.3 Å². The molecule has 0 aliphatic carbocycles. The van der Waals surface area contributed by atoms with Crippen LogP contribution in [-0.2, 0) is 28.6 Å². The summed E-state index contributed by atoms with van der Waals surface area (Å²) in [7, 11) is 0. The molecular formula is C13H22O6S3. The van der Waals surface area contributed by atoms with Crippen LogP contribution in [0.1, 0.15) is 20.8 Å². The third kappa shape index (κ3) is 12.0. The van der Waals surface area contributed by atoms with Crippen LogP contribution in [0.5, 0.6) is 0 Å². The molecule has 128 valence electrons. The van der Waals surface area contributed by atoms with Gasteiger partial charge >= 0.3 is 17.9 Å². The van der Waals surface area contributed by atoms with E-state index in [-0.39, 0.29) is 39.1 Å². The van der Waals surface area contributed by atoms with Crippen LogP contribution in [-0.4, -0.2) is 58.9 Å². The first-order valence-electron chi connectivity index (χ1n) is 6.85. The highest BCUT2D eigenvalue weighted by Crippen LogP contribution is 2.34. The summed E-state index contributed by atoms with van der Waals surface area (Å²) in [6.07, 6.45) is 0. The SMILES string of the molecule is CCOC(=O)CSC(SCC(=O)OCC)SCC(=O)OCC. The van der Waals surface area contributed by atoms with E-state index < -0.39 is 0 Å². The van der Waals surface area contributed by atoms with E-state index in [1.54, 1.807) is 20.8 Å². The Balaban J connectivity index is 4.26. The first kappa shape index (κ1) is 21.5. The van der Waals surface area contributed by atoms with Gasteiger partial charge in [0.05, 0.1) is 41.0 Å². The third-order valence-corrected chi connectivity index (χ3v) is 6.40. The molecule has 0 radical (unpaired) electrons. The van der Waals surface area contributed by atoms with Crippen molar-refractivity contribution in [1.29, 1.82) is 0 Å². The summed E-state index contributed by atoms with van der Waals surface area (Å²) in [6, 6.07) is 0. The molecule has 6 nitrogen and oxygen atoms in total. The monoisotopic (exact) mass is 370 g/mol. The maximum Gasteiger partial charge on any atom is 0.315 e. The van der Waals surface area contributed by atoms with Crippen LogP contribution in [0.3, 0.4) is 0 Å². The van der Waals surface area contributed by atoms with Crippen molar-refractivity contribution in [2.24, 2.45) is 0 Å². The molecule has 0 bridgehead atoms. The van der Waals surface area contributed by atoms with Gasteiger partial charge in [0, 0.05) is 0 Å². The minimum atomic E-state index is -0.314. The van der Waals surface area contributed by atoms with Gasteiger partial charge in [-0.2, -0.15) is 0 Å². The molecule has 0 heterocycles. The molecule has 0 N–H and O–H groups in total. The fourth-order valence-corrected chi connectivity index (χ4v) is 4.61. The van der Waals surface area contributed by atoms with Gasteiger partial charge in [-0.25, -0.2) is 0 Å². The van der Waals surface area contributed by atoms with Gasteiger partial charge in [0.2, 0.25) is 0 Å².